The summed E-state index contributed by atoms with van der Waals surface area (Å²) in [6.07, 6.45) is 13.6. The molecule has 0 amide bonds. The first-order chi connectivity index (χ1) is 16.5. The zero-order valence-electron chi connectivity index (χ0n) is 20.1. The molecule has 0 atom stereocenters. The molecule has 3 rings (SSSR count). The molecule has 1 aliphatic rings. The molecule has 0 bridgehead atoms. The quantitative estimate of drug-likeness (QED) is 0.247. The first-order valence-corrected chi connectivity index (χ1v) is 12.3. The van der Waals surface area contributed by atoms with Gasteiger partial charge in [-0.1, -0.05) is 42.5 Å². The van der Waals surface area contributed by atoms with Crippen LogP contribution in [0, 0.1) is 29.2 Å². The Bertz CT molecular complexity index is 1000. The molecule has 0 aromatic heterocycles. The van der Waals surface area contributed by atoms with Crippen molar-refractivity contribution in [1.29, 1.82) is 0 Å². The summed E-state index contributed by atoms with van der Waals surface area (Å²) in [5, 5.41) is 0. The van der Waals surface area contributed by atoms with E-state index in [-0.39, 0.29) is 18.3 Å². The van der Waals surface area contributed by atoms with Gasteiger partial charge >= 0.3 is 0 Å². The number of aryl methyl sites for hydroxylation is 2. The topological polar surface area (TPSA) is 9.23 Å². The molecule has 5 heteroatoms. The van der Waals surface area contributed by atoms with Gasteiger partial charge in [0.2, 0.25) is 5.82 Å². The van der Waals surface area contributed by atoms with Crippen LogP contribution >= 0.6 is 0 Å². The molecule has 0 radical (unpaired) electrons. The number of ether oxygens (including phenoxy) is 1. The molecule has 0 saturated heterocycles. The fourth-order valence-corrected chi connectivity index (χ4v) is 4.70. The Morgan fingerprint density at radius 1 is 0.794 bits per heavy atom. The van der Waals surface area contributed by atoms with Gasteiger partial charge in [0.1, 0.15) is 0 Å². The highest BCUT2D eigenvalue weighted by atomic mass is 19.2. The molecule has 1 aliphatic carbocycles. The minimum Gasteiger partial charge on any atom is -0.491 e. The van der Waals surface area contributed by atoms with E-state index in [1.54, 1.807) is 25.1 Å². The van der Waals surface area contributed by atoms with Crippen LogP contribution in [0.2, 0.25) is 0 Å². The molecule has 2 aromatic carbocycles. The van der Waals surface area contributed by atoms with E-state index in [9.17, 15) is 17.6 Å². The van der Waals surface area contributed by atoms with E-state index in [0.717, 1.165) is 25.7 Å². The summed E-state index contributed by atoms with van der Waals surface area (Å²) in [5.41, 5.74) is 1.25. The maximum atomic E-state index is 14.7. The summed E-state index contributed by atoms with van der Waals surface area (Å²) >= 11 is 0. The van der Waals surface area contributed by atoms with E-state index in [2.05, 4.69) is 6.08 Å². The lowest BCUT2D eigenvalue weighted by atomic mass is 9.78. The van der Waals surface area contributed by atoms with Crippen LogP contribution in [0.3, 0.4) is 0 Å². The smallest absolute Gasteiger partial charge is 0.200 e. The minimum atomic E-state index is -0.934. The van der Waals surface area contributed by atoms with Crippen LogP contribution in [0.25, 0.3) is 0 Å². The Labute approximate surface area is 200 Å². The van der Waals surface area contributed by atoms with Gasteiger partial charge in [0.15, 0.2) is 23.2 Å². The van der Waals surface area contributed by atoms with E-state index >= 15 is 0 Å². The van der Waals surface area contributed by atoms with E-state index in [1.807, 2.05) is 25.2 Å². The predicted molar refractivity (Wildman–Crippen MR) is 129 cm³/mol. The Balaban J connectivity index is 1.50. The van der Waals surface area contributed by atoms with Crippen LogP contribution in [0.1, 0.15) is 75.0 Å². The van der Waals surface area contributed by atoms with Crippen LogP contribution in [0.15, 0.2) is 48.6 Å². The molecule has 1 nitrogen and oxygen atoms in total. The molecule has 34 heavy (non-hydrogen) atoms. The van der Waals surface area contributed by atoms with Crippen LogP contribution in [0.4, 0.5) is 17.6 Å². The lowest BCUT2D eigenvalue weighted by Gasteiger charge is -2.27. The Morgan fingerprint density at radius 3 is 2.06 bits per heavy atom. The van der Waals surface area contributed by atoms with Gasteiger partial charge in [-0.3, -0.25) is 0 Å². The van der Waals surface area contributed by atoms with Gasteiger partial charge in [0, 0.05) is 0 Å². The Kier molecular flexibility index (Phi) is 9.79. The number of rotatable bonds is 10. The van der Waals surface area contributed by atoms with E-state index < -0.39 is 23.3 Å². The van der Waals surface area contributed by atoms with Gasteiger partial charge < -0.3 is 4.74 Å². The van der Waals surface area contributed by atoms with Crippen LogP contribution < -0.4 is 4.74 Å². The summed E-state index contributed by atoms with van der Waals surface area (Å²) < 4.78 is 62.5. The van der Waals surface area contributed by atoms with Gasteiger partial charge in [-0.15, -0.1) is 0 Å². The summed E-state index contributed by atoms with van der Waals surface area (Å²) in [4.78, 5) is 0. The van der Waals surface area contributed by atoms with Crippen molar-refractivity contribution >= 4 is 0 Å². The third-order valence-corrected chi connectivity index (χ3v) is 6.64. The summed E-state index contributed by atoms with van der Waals surface area (Å²) in [7, 11) is 0. The first kappa shape index (κ1) is 26.1. The molecule has 0 unspecified atom stereocenters. The molecule has 2 aromatic rings. The lowest BCUT2D eigenvalue weighted by molar-refractivity contribution is 0.313. The first-order valence-electron chi connectivity index (χ1n) is 12.3. The van der Waals surface area contributed by atoms with Crippen molar-refractivity contribution in [2.45, 2.75) is 71.1 Å². The van der Waals surface area contributed by atoms with Crippen LogP contribution in [0.5, 0.6) is 5.75 Å². The summed E-state index contributed by atoms with van der Waals surface area (Å²) in [6.45, 7) is 3.92. The summed E-state index contributed by atoms with van der Waals surface area (Å²) in [5.74, 6) is -2.84. The van der Waals surface area contributed by atoms with Gasteiger partial charge in [-0.25, -0.2) is 13.2 Å². The highest BCUT2D eigenvalue weighted by Gasteiger charge is 2.25. The van der Waals surface area contributed by atoms with Gasteiger partial charge in [-0.2, -0.15) is 4.39 Å². The second kappa shape index (κ2) is 12.8. The largest absolute Gasteiger partial charge is 0.491 e. The Hall–Kier alpha value is -2.56. The third kappa shape index (κ3) is 6.52. The van der Waals surface area contributed by atoms with E-state index in [0.29, 0.717) is 48.3 Å². The summed E-state index contributed by atoms with van der Waals surface area (Å²) in [6, 6.07) is 6.53. The second-order valence-electron chi connectivity index (χ2n) is 8.91. The fraction of sp³-hybridized carbons (Fsp3) is 0.448. The molecule has 0 aliphatic heterocycles. The normalized spacial score (nSPS) is 18.8. The van der Waals surface area contributed by atoms with Crippen molar-refractivity contribution < 1.29 is 22.3 Å². The zero-order valence-corrected chi connectivity index (χ0v) is 20.1. The highest BCUT2D eigenvalue weighted by molar-refractivity contribution is 5.32. The molecule has 1 fully saturated rings. The standard InChI is InChI=1S/C29H34F4O/c1-3-5-6-10-22-16-18-24(28(32)26(22)30)21-14-12-20(13-15-21)9-7-8-11-23-17-19-25(34-4-2)29(33)27(23)31/h3,5,7,9,16-21H,4,6,8,10-15H2,1-2H3. The fourth-order valence-electron chi connectivity index (χ4n) is 4.70. The SMILES string of the molecule is CC=CCCc1ccc(C2CCC(C=CCCc3ccc(OCC)c(F)c3F)CC2)c(F)c1F. The van der Waals surface area contributed by atoms with Crippen molar-refractivity contribution in [2.24, 2.45) is 5.92 Å². The van der Waals surface area contributed by atoms with E-state index in [4.69, 9.17) is 4.74 Å². The average Bonchev–Trinajstić information content (AvgIpc) is 2.84. The van der Waals surface area contributed by atoms with Crippen LogP contribution in [-0.2, 0) is 12.8 Å². The predicted octanol–water partition coefficient (Wildman–Crippen LogP) is 8.61. The highest BCUT2D eigenvalue weighted by Crippen LogP contribution is 2.38. The molecule has 1 saturated carbocycles. The molecular formula is C29H34F4O. The second-order valence-corrected chi connectivity index (χ2v) is 8.91. The number of hydrogen-bond acceptors (Lipinski definition) is 1. The number of hydrogen-bond donors (Lipinski definition) is 0. The molecule has 0 spiro atoms. The Morgan fingerprint density at radius 2 is 1.41 bits per heavy atom. The van der Waals surface area contributed by atoms with Crippen molar-refractivity contribution in [3.05, 3.63) is 88.5 Å². The maximum Gasteiger partial charge on any atom is 0.200 e. The van der Waals surface area contributed by atoms with Crippen molar-refractivity contribution in [2.75, 3.05) is 6.61 Å². The van der Waals surface area contributed by atoms with Crippen molar-refractivity contribution in [3.8, 4) is 5.75 Å². The van der Waals surface area contributed by atoms with Gasteiger partial charge in [0.05, 0.1) is 6.61 Å². The molecular weight excluding hydrogens is 440 g/mol. The van der Waals surface area contributed by atoms with Crippen LogP contribution in [-0.4, -0.2) is 6.61 Å². The maximum absolute atomic E-state index is 14.7. The number of benzene rings is 2. The zero-order chi connectivity index (χ0) is 24.5. The van der Waals surface area contributed by atoms with E-state index in [1.165, 1.54) is 6.07 Å². The molecule has 0 N–H and O–H groups in total. The number of allylic oxidation sites excluding steroid dienone is 4. The average molecular weight is 475 g/mol. The molecule has 0 heterocycles. The van der Waals surface area contributed by atoms with Gasteiger partial charge in [-0.05, 0) is 99.8 Å². The van der Waals surface area contributed by atoms with Gasteiger partial charge in [0.25, 0.3) is 0 Å². The van der Waals surface area contributed by atoms with Crippen molar-refractivity contribution in [1.82, 2.24) is 0 Å². The number of halogens is 4. The molecule has 184 valence electrons. The monoisotopic (exact) mass is 474 g/mol. The lowest BCUT2D eigenvalue weighted by Crippen LogP contribution is -2.14. The minimum absolute atomic E-state index is 0.0321. The van der Waals surface area contributed by atoms with Crippen molar-refractivity contribution in [3.63, 3.8) is 0 Å². The third-order valence-electron chi connectivity index (χ3n) is 6.64.